The lowest BCUT2D eigenvalue weighted by Gasteiger charge is -2.19. The number of phenols is 1. The number of benzene rings is 1. The van der Waals surface area contributed by atoms with Crippen LogP contribution in [0, 0.1) is 0 Å². The van der Waals surface area contributed by atoms with Crippen molar-refractivity contribution in [1.29, 1.82) is 0 Å². The van der Waals surface area contributed by atoms with Gasteiger partial charge >= 0.3 is 0 Å². The summed E-state index contributed by atoms with van der Waals surface area (Å²) in [7, 11) is 0. The highest BCUT2D eigenvalue weighted by molar-refractivity contribution is 6.07. The molecule has 0 saturated heterocycles. The minimum atomic E-state index is -0.183. The number of fused-ring (bicyclic) bond motifs is 1. The van der Waals surface area contributed by atoms with Crippen LogP contribution in [-0.2, 0) is 0 Å². The van der Waals surface area contributed by atoms with Crippen molar-refractivity contribution >= 4 is 11.6 Å². The van der Waals surface area contributed by atoms with Gasteiger partial charge in [-0.1, -0.05) is 0 Å². The molecule has 0 unspecified atom stereocenters. The van der Waals surface area contributed by atoms with Gasteiger partial charge in [0.1, 0.15) is 17.1 Å². The zero-order valence-electron chi connectivity index (χ0n) is 8.24. The van der Waals surface area contributed by atoms with E-state index in [-0.39, 0.29) is 41.7 Å². The second kappa shape index (κ2) is 3.38. The van der Waals surface area contributed by atoms with E-state index in [1.165, 1.54) is 19.1 Å². The fourth-order valence-electron chi connectivity index (χ4n) is 1.64. The van der Waals surface area contributed by atoms with E-state index < -0.39 is 0 Å². The van der Waals surface area contributed by atoms with Crippen molar-refractivity contribution in [1.82, 2.24) is 0 Å². The normalized spacial score (nSPS) is 14.3. The van der Waals surface area contributed by atoms with Gasteiger partial charge in [-0.3, -0.25) is 9.59 Å². The first kappa shape index (κ1) is 9.71. The molecule has 78 valence electrons. The third-order valence-corrected chi connectivity index (χ3v) is 2.37. The van der Waals surface area contributed by atoms with Crippen LogP contribution in [0.2, 0.25) is 0 Å². The summed E-state index contributed by atoms with van der Waals surface area (Å²) < 4.78 is 5.27. The Labute approximate surface area is 86.5 Å². The lowest BCUT2D eigenvalue weighted by molar-refractivity contribution is 0.0927. The van der Waals surface area contributed by atoms with E-state index in [1.807, 2.05) is 0 Å². The van der Waals surface area contributed by atoms with E-state index in [1.54, 1.807) is 0 Å². The van der Waals surface area contributed by atoms with Gasteiger partial charge in [0.15, 0.2) is 11.6 Å². The first-order valence-corrected chi connectivity index (χ1v) is 4.64. The van der Waals surface area contributed by atoms with Crippen molar-refractivity contribution in [3.05, 3.63) is 23.3 Å². The molecule has 0 aromatic heterocycles. The van der Waals surface area contributed by atoms with Gasteiger partial charge in [-0.2, -0.15) is 0 Å². The molecule has 2 rings (SSSR count). The summed E-state index contributed by atoms with van der Waals surface area (Å²) in [5, 5.41) is 9.52. The molecule has 0 atom stereocenters. The Morgan fingerprint density at radius 2 is 2.20 bits per heavy atom. The second-order valence-electron chi connectivity index (χ2n) is 3.41. The van der Waals surface area contributed by atoms with Crippen LogP contribution >= 0.6 is 0 Å². The van der Waals surface area contributed by atoms with Crippen LogP contribution in [0.1, 0.15) is 34.1 Å². The molecule has 1 aromatic rings. The Bertz CT molecular complexity index is 448. The number of rotatable bonds is 1. The Hall–Kier alpha value is -1.84. The molecule has 1 aliphatic heterocycles. The largest absolute Gasteiger partial charge is 0.507 e. The predicted molar refractivity (Wildman–Crippen MR) is 52.6 cm³/mol. The molecule has 0 spiro atoms. The highest BCUT2D eigenvalue weighted by Gasteiger charge is 2.26. The molecule has 0 amide bonds. The summed E-state index contributed by atoms with van der Waals surface area (Å²) in [5.74, 6) is -0.267. The summed E-state index contributed by atoms with van der Waals surface area (Å²) >= 11 is 0. The number of phenolic OH excluding ortho intramolecular Hbond substituents is 1. The Morgan fingerprint density at radius 1 is 1.47 bits per heavy atom. The van der Waals surface area contributed by atoms with Gasteiger partial charge in [-0.15, -0.1) is 0 Å². The zero-order valence-corrected chi connectivity index (χ0v) is 8.24. The van der Waals surface area contributed by atoms with Crippen LogP contribution in [0.15, 0.2) is 12.1 Å². The van der Waals surface area contributed by atoms with Gasteiger partial charge in [0.05, 0.1) is 12.2 Å². The lowest BCUT2D eigenvalue weighted by Crippen LogP contribution is -2.17. The second-order valence-corrected chi connectivity index (χ2v) is 3.41. The third-order valence-electron chi connectivity index (χ3n) is 2.37. The van der Waals surface area contributed by atoms with Gasteiger partial charge in [-0.05, 0) is 19.1 Å². The maximum Gasteiger partial charge on any atom is 0.173 e. The molecule has 1 aliphatic rings. The monoisotopic (exact) mass is 206 g/mol. The molecule has 1 heterocycles. The number of ketones is 2. The minimum Gasteiger partial charge on any atom is -0.507 e. The molecule has 0 bridgehead atoms. The fourth-order valence-corrected chi connectivity index (χ4v) is 1.64. The minimum absolute atomic E-state index is 0.125. The molecule has 1 N–H and O–H groups in total. The first-order chi connectivity index (χ1) is 7.11. The number of carbonyl (C=O) groups is 2. The van der Waals surface area contributed by atoms with Crippen LogP contribution < -0.4 is 4.74 Å². The van der Waals surface area contributed by atoms with Crippen molar-refractivity contribution in [3.63, 3.8) is 0 Å². The zero-order chi connectivity index (χ0) is 11.0. The Balaban J connectivity index is 2.69. The van der Waals surface area contributed by atoms with Crippen molar-refractivity contribution in [2.24, 2.45) is 0 Å². The molecule has 0 aliphatic carbocycles. The number of hydrogen-bond acceptors (Lipinski definition) is 4. The molecule has 0 saturated carbocycles. The van der Waals surface area contributed by atoms with Gasteiger partial charge in [0.25, 0.3) is 0 Å². The summed E-state index contributed by atoms with van der Waals surface area (Å²) in [5.41, 5.74) is 0.477. The SMILES string of the molecule is CC(=O)c1ccc(O)c2c1OCCC2=O. The van der Waals surface area contributed by atoms with E-state index in [9.17, 15) is 14.7 Å². The number of carbonyl (C=O) groups excluding carboxylic acids is 2. The summed E-state index contributed by atoms with van der Waals surface area (Å²) in [6.45, 7) is 1.66. The molecular formula is C11H10O4. The average molecular weight is 206 g/mol. The first-order valence-electron chi connectivity index (χ1n) is 4.64. The Kier molecular flexibility index (Phi) is 2.19. The van der Waals surface area contributed by atoms with E-state index in [2.05, 4.69) is 0 Å². The molecule has 4 nitrogen and oxygen atoms in total. The van der Waals surface area contributed by atoms with Crippen LogP contribution in [0.25, 0.3) is 0 Å². The van der Waals surface area contributed by atoms with Gasteiger partial charge < -0.3 is 9.84 Å². The smallest absolute Gasteiger partial charge is 0.173 e. The topological polar surface area (TPSA) is 63.6 Å². The van der Waals surface area contributed by atoms with E-state index in [0.717, 1.165) is 0 Å². The van der Waals surface area contributed by atoms with Gasteiger partial charge in [-0.25, -0.2) is 0 Å². The Morgan fingerprint density at radius 3 is 2.87 bits per heavy atom. The number of ether oxygens (including phenoxy) is 1. The summed E-state index contributed by atoms with van der Waals surface area (Å²) in [6.07, 6.45) is 0.238. The number of aromatic hydroxyl groups is 1. The number of Topliss-reactive ketones (excluding diaryl/α,β-unsaturated/α-hetero) is 2. The predicted octanol–water partition coefficient (Wildman–Crippen LogP) is 1.56. The van der Waals surface area contributed by atoms with Crippen molar-refractivity contribution in [2.75, 3.05) is 6.61 Å². The maximum absolute atomic E-state index is 11.5. The van der Waals surface area contributed by atoms with E-state index in [0.29, 0.717) is 5.56 Å². The fraction of sp³-hybridized carbons (Fsp3) is 0.273. The van der Waals surface area contributed by atoms with Gasteiger partial charge in [0, 0.05) is 6.42 Å². The summed E-state index contributed by atoms with van der Waals surface area (Å²) in [4.78, 5) is 22.8. The van der Waals surface area contributed by atoms with Crippen LogP contribution in [0.5, 0.6) is 11.5 Å². The average Bonchev–Trinajstić information content (AvgIpc) is 2.17. The number of hydrogen-bond donors (Lipinski definition) is 1. The van der Waals surface area contributed by atoms with Crippen LogP contribution in [0.4, 0.5) is 0 Å². The highest BCUT2D eigenvalue weighted by Crippen LogP contribution is 2.35. The van der Waals surface area contributed by atoms with Crippen LogP contribution in [0.3, 0.4) is 0 Å². The summed E-state index contributed by atoms with van der Waals surface area (Å²) in [6, 6.07) is 2.82. The third kappa shape index (κ3) is 1.48. The quantitative estimate of drug-likeness (QED) is 0.708. The van der Waals surface area contributed by atoms with Gasteiger partial charge in [0.2, 0.25) is 0 Å². The maximum atomic E-state index is 11.5. The molecule has 0 fully saturated rings. The molecule has 4 heteroatoms. The van der Waals surface area contributed by atoms with E-state index in [4.69, 9.17) is 4.74 Å². The molecular weight excluding hydrogens is 196 g/mol. The van der Waals surface area contributed by atoms with E-state index >= 15 is 0 Å². The van der Waals surface area contributed by atoms with Crippen molar-refractivity contribution in [3.8, 4) is 11.5 Å². The van der Waals surface area contributed by atoms with Crippen LogP contribution in [-0.4, -0.2) is 23.3 Å². The molecule has 1 aromatic carbocycles. The molecule has 15 heavy (non-hydrogen) atoms. The molecule has 0 radical (unpaired) electrons. The lowest BCUT2D eigenvalue weighted by atomic mass is 9.98. The highest BCUT2D eigenvalue weighted by atomic mass is 16.5. The van der Waals surface area contributed by atoms with Crippen molar-refractivity contribution in [2.45, 2.75) is 13.3 Å². The standard InChI is InChI=1S/C11H10O4/c1-6(12)7-2-3-8(13)10-9(14)4-5-15-11(7)10/h2-3,13H,4-5H2,1H3. The van der Waals surface area contributed by atoms with Crippen molar-refractivity contribution < 1.29 is 19.4 Å².